The minimum atomic E-state index is 0.420. The first-order valence-corrected chi connectivity index (χ1v) is 11.0. The molecule has 0 unspecified atom stereocenters. The van der Waals surface area contributed by atoms with Gasteiger partial charge in [0.2, 0.25) is 0 Å². The highest BCUT2D eigenvalue weighted by Gasteiger charge is 2.12. The van der Waals surface area contributed by atoms with Gasteiger partial charge in [0.15, 0.2) is 5.75 Å². The third kappa shape index (κ3) is 6.17. The minimum Gasteiger partial charge on any atom is -0.483 e. The number of nitrogens with zero attached hydrogens (tertiary/aromatic N) is 2. The first-order chi connectivity index (χ1) is 15.8. The predicted octanol–water partition coefficient (Wildman–Crippen LogP) is 6.12. The highest BCUT2D eigenvalue weighted by atomic mass is 16.5. The van der Waals surface area contributed by atoms with Crippen LogP contribution >= 0.6 is 0 Å². The lowest BCUT2D eigenvalue weighted by Gasteiger charge is -2.13. The summed E-state index contributed by atoms with van der Waals surface area (Å²) in [6, 6.07) is 30.6. The van der Waals surface area contributed by atoms with Gasteiger partial charge in [0, 0.05) is 6.07 Å². The second-order valence-electron chi connectivity index (χ2n) is 7.83. The summed E-state index contributed by atoms with van der Waals surface area (Å²) < 4.78 is 12.1. The van der Waals surface area contributed by atoms with Gasteiger partial charge in [-0.25, -0.2) is 0 Å². The lowest BCUT2D eigenvalue weighted by atomic mass is 10.0. The Bertz CT molecular complexity index is 1110. The van der Waals surface area contributed by atoms with Gasteiger partial charge in [0.05, 0.1) is 5.69 Å². The average Bonchev–Trinajstić information content (AvgIpc) is 2.84. The summed E-state index contributed by atoms with van der Waals surface area (Å²) in [6.45, 7) is 3.03. The monoisotopic (exact) mass is 424 g/mol. The molecular weight excluding hydrogens is 396 g/mol. The molecule has 162 valence electrons. The number of aryl methyl sites for hydroxylation is 3. The Kier molecular flexibility index (Phi) is 7.48. The molecule has 0 atom stereocenters. The van der Waals surface area contributed by atoms with Crippen LogP contribution < -0.4 is 9.47 Å². The molecule has 1 heterocycles. The largest absolute Gasteiger partial charge is 0.483 e. The second-order valence-corrected chi connectivity index (χ2v) is 7.83. The summed E-state index contributed by atoms with van der Waals surface area (Å²) in [4.78, 5) is 0. The van der Waals surface area contributed by atoms with Crippen LogP contribution in [0.1, 0.15) is 34.4 Å². The van der Waals surface area contributed by atoms with Gasteiger partial charge in [-0.05, 0) is 48.4 Å². The number of rotatable bonds is 10. The van der Waals surface area contributed by atoms with Gasteiger partial charge in [0.25, 0.3) is 5.88 Å². The van der Waals surface area contributed by atoms with Crippen LogP contribution in [0.5, 0.6) is 11.6 Å². The van der Waals surface area contributed by atoms with Gasteiger partial charge in [-0.2, -0.15) is 5.10 Å². The summed E-state index contributed by atoms with van der Waals surface area (Å²) in [6.07, 6.45) is 2.85. The van der Waals surface area contributed by atoms with Crippen molar-refractivity contribution < 1.29 is 9.47 Å². The standard InChI is InChI=1S/C28H28N2O2/c1-22-11-8-9-16-25(22)17-10-18-26-19-27(31-20-23-12-4-2-5-13-23)28(30-29-26)32-21-24-14-6-3-7-15-24/h2-9,11-16,19H,10,17-18,20-21H2,1H3. The van der Waals surface area contributed by atoms with Crippen LogP contribution in [0.2, 0.25) is 0 Å². The Morgan fingerprint density at radius 1 is 0.656 bits per heavy atom. The van der Waals surface area contributed by atoms with Crippen LogP contribution in [-0.4, -0.2) is 10.2 Å². The van der Waals surface area contributed by atoms with E-state index >= 15 is 0 Å². The van der Waals surface area contributed by atoms with Crippen molar-refractivity contribution in [3.8, 4) is 11.6 Å². The molecule has 1 aromatic heterocycles. The Labute approximate surface area is 189 Å². The Morgan fingerprint density at radius 3 is 1.97 bits per heavy atom. The molecule has 4 nitrogen and oxygen atoms in total. The zero-order chi connectivity index (χ0) is 22.0. The molecule has 0 radical (unpaired) electrons. The second kappa shape index (κ2) is 11.1. The fourth-order valence-corrected chi connectivity index (χ4v) is 3.54. The van der Waals surface area contributed by atoms with Crippen molar-refractivity contribution in [3.63, 3.8) is 0 Å². The minimum absolute atomic E-state index is 0.420. The van der Waals surface area contributed by atoms with Crippen LogP contribution in [0.15, 0.2) is 91.0 Å². The molecular formula is C28H28N2O2. The quantitative estimate of drug-likeness (QED) is 0.308. The third-order valence-corrected chi connectivity index (χ3v) is 5.37. The summed E-state index contributed by atoms with van der Waals surface area (Å²) in [5.41, 5.74) is 5.79. The number of hydrogen-bond acceptors (Lipinski definition) is 4. The molecule has 4 heteroatoms. The molecule has 0 saturated heterocycles. The molecule has 0 fully saturated rings. The van der Waals surface area contributed by atoms with Crippen LogP contribution in [-0.2, 0) is 26.1 Å². The summed E-state index contributed by atoms with van der Waals surface area (Å²) in [7, 11) is 0. The van der Waals surface area contributed by atoms with Crippen molar-refractivity contribution in [3.05, 3.63) is 119 Å². The molecule has 0 aliphatic rings. The molecule has 0 aliphatic carbocycles. The maximum Gasteiger partial charge on any atom is 0.276 e. The van der Waals surface area contributed by atoms with Crippen LogP contribution in [0.4, 0.5) is 0 Å². The highest BCUT2D eigenvalue weighted by Crippen LogP contribution is 2.27. The number of ether oxygens (including phenoxy) is 2. The molecule has 0 aliphatic heterocycles. The topological polar surface area (TPSA) is 44.2 Å². The van der Waals surface area contributed by atoms with Gasteiger partial charge in [-0.15, -0.1) is 5.10 Å². The Balaban J connectivity index is 1.44. The van der Waals surface area contributed by atoms with E-state index in [9.17, 15) is 0 Å². The first-order valence-electron chi connectivity index (χ1n) is 11.0. The van der Waals surface area contributed by atoms with Crippen molar-refractivity contribution in [2.45, 2.75) is 39.4 Å². The summed E-state index contributed by atoms with van der Waals surface area (Å²) in [5.74, 6) is 1.05. The SMILES string of the molecule is Cc1ccccc1CCCc1cc(OCc2ccccc2)c(OCc2ccccc2)nn1. The molecule has 3 aromatic carbocycles. The average molecular weight is 425 g/mol. The van der Waals surface area contributed by atoms with Crippen molar-refractivity contribution in [2.75, 3.05) is 0 Å². The molecule has 0 spiro atoms. The van der Waals surface area contributed by atoms with E-state index in [4.69, 9.17) is 9.47 Å². The molecule has 0 bridgehead atoms. The van der Waals surface area contributed by atoms with Gasteiger partial charge < -0.3 is 9.47 Å². The molecule has 4 aromatic rings. The fourth-order valence-electron chi connectivity index (χ4n) is 3.54. The normalized spacial score (nSPS) is 10.7. The number of benzene rings is 3. The third-order valence-electron chi connectivity index (χ3n) is 5.37. The van der Waals surface area contributed by atoms with Crippen molar-refractivity contribution >= 4 is 0 Å². The maximum absolute atomic E-state index is 6.11. The van der Waals surface area contributed by atoms with E-state index in [-0.39, 0.29) is 0 Å². The van der Waals surface area contributed by atoms with Gasteiger partial charge in [-0.3, -0.25) is 0 Å². The first kappa shape index (κ1) is 21.6. The molecule has 0 amide bonds. The smallest absolute Gasteiger partial charge is 0.276 e. The van der Waals surface area contributed by atoms with Crippen molar-refractivity contribution in [1.82, 2.24) is 10.2 Å². The zero-order valence-corrected chi connectivity index (χ0v) is 18.4. The van der Waals surface area contributed by atoms with Crippen molar-refractivity contribution in [2.24, 2.45) is 0 Å². The van der Waals surface area contributed by atoms with Gasteiger partial charge >= 0.3 is 0 Å². The number of hydrogen-bond donors (Lipinski definition) is 0. The summed E-state index contributed by atoms with van der Waals surface area (Å²) >= 11 is 0. The van der Waals surface area contributed by atoms with E-state index < -0.39 is 0 Å². The van der Waals surface area contributed by atoms with Crippen LogP contribution in [0.3, 0.4) is 0 Å². The lowest BCUT2D eigenvalue weighted by molar-refractivity contribution is 0.243. The summed E-state index contributed by atoms with van der Waals surface area (Å²) in [5, 5.41) is 8.76. The van der Waals surface area contributed by atoms with Crippen molar-refractivity contribution in [1.29, 1.82) is 0 Å². The Hall–Kier alpha value is -3.66. The van der Waals surface area contributed by atoms with E-state index in [0.29, 0.717) is 24.8 Å². The maximum atomic E-state index is 6.11. The van der Waals surface area contributed by atoms with E-state index in [2.05, 4.69) is 41.4 Å². The van der Waals surface area contributed by atoms with Crippen LogP contribution in [0.25, 0.3) is 0 Å². The number of aromatic nitrogens is 2. The molecule has 4 rings (SSSR count). The zero-order valence-electron chi connectivity index (χ0n) is 18.4. The molecule has 0 saturated carbocycles. The highest BCUT2D eigenvalue weighted by molar-refractivity contribution is 5.34. The Morgan fingerprint density at radius 2 is 1.28 bits per heavy atom. The predicted molar refractivity (Wildman–Crippen MR) is 127 cm³/mol. The van der Waals surface area contributed by atoms with E-state index in [0.717, 1.165) is 36.1 Å². The van der Waals surface area contributed by atoms with E-state index in [1.807, 2.05) is 66.7 Å². The van der Waals surface area contributed by atoms with Gasteiger partial charge in [-0.1, -0.05) is 84.9 Å². The van der Waals surface area contributed by atoms with E-state index in [1.165, 1.54) is 11.1 Å². The fraction of sp³-hybridized carbons (Fsp3) is 0.214. The van der Waals surface area contributed by atoms with Gasteiger partial charge in [0.1, 0.15) is 13.2 Å². The van der Waals surface area contributed by atoms with E-state index in [1.54, 1.807) is 0 Å². The van der Waals surface area contributed by atoms with Crippen LogP contribution in [0, 0.1) is 6.92 Å². The molecule has 32 heavy (non-hydrogen) atoms. The lowest BCUT2D eigenvalue weighted by Crippen LogP contribution is -2.05. The molecule has 0 N–H and O–H groups in total.